The molecule has 20 heavy (non-hydrogen) atoms. The van der Waals surface area contributed by atoms with Gasteiger partial charge in [-0.05, 0) is 12.1 Å². The maximum Gasteiger partial charge on any atom is 0.358 e. The summed E-state index contributed by atoms with van der Waals surface area (Å²) in [5.41, 5.74) is 1.81. The van der Waals surface area contributed by atoms with Gasteiger partial charge in [-0.15, -0.1) is 10.2 Å². The van der Waals surface area contributed by atoms with E-state index in [9.17, 15) is 4.79 Å². The minimum absolute atomic E-state index is 0.193. The lowest BCUT2D eigenvalue weighted by atomic mass is 10.2. The number of para-hydroxylation sites is 1. The molecule has 0 radical (unpaired) electrons. The molecule has 0 atom stereocenters. The van der Waals surface area contributed by atoms with E-state index in [2.05, 4.69) is 15.2 Å². The molecule has 2 aromatic heterocycles. The number of ether oxygens (including phenoxy) is 2. The van der Waals surface area contributed by atoms with Gasteiger partial charge < -0.3 is 14.5 Å². The van der Waals surface area contributed by atoms with Crippen LogP contribution in [-0.4, -0.2) is 41.5 Å². The van der Waals surface area contributed by atoms with Crippen molar-refractivity contribution in [3.8, 4) is 0 Å². The maximum atomic E-state index is 11.8. The molecule has 6 nitrogen and oxygen atoms in total. The first-order chi connectivity index (χ1) is 9.79. The third-order valence-corrected chi connectivity index (χ3v) is 2.99. The highest BCUT2D eigenvalue weighted by molar-refractivity contribution is 6.07. The summed E-state index contributed by atoms with van der Waals surface area (Å²) in [5, 5.41) is 9.77. The molecule has 0 unspecified atom stereocenters. The number of aromatic nitrogens is 3. The summed E-state index contributed by atoms with van der Waals surface area (Å²) in [7, 11) is 1.55. The van der Waals surface area contributed by atoms with Gasteiger partial charge in [0.25, 0.3) is 0 Å². The SMILES string of the molecule is COCCOC(=O)c1cc2c(nn1)[nH]c1ccccc12. The number of carbonyl (C=O) groups is 1. The number of hydrogen-bond donors (Lipinski definition) is 1. The molecular weight excluding hydrogens is 258 g/mol. The van der Waals surface area contributed by atoms with Crippen LogP contribution in [0.3, 0.4) is 0 Å². The summed E-state index contributed by atoms with van der Waals surface area (Å²) in [4.78, 5) is 15.0. The summed E-state index contributed by atoms with van der Waals surface area (Å²) in [6, 6.07) is 9.48. The first kappa shape index (κ1) is 12.6. The van der Waals surface area contributed by atoms with Crippen molar-refractivity contribution < 1.29 is 14.3 Å². The van der Waals surface area contributed by atoms with Crippen LogP contribution in [0.4, 0.5) is 0 Å². The number of fused-ring (bicyclic) bond motifs is 3. The Morgan fingerprint density at radius 2 is 2.05 bits per heavy atom. The average molecular weight is 271 g/mol. The van der Waals surface area contributed by atoms with Crippen molar-refractivity contribution >= 4 is 27.9 Å². The minimum atomic E-state index is -0.498. The maximum absolute atomic E-state index is 11.8. The number of hydrogen-bond acceptors (Lipinski definition) is 5. The molecule has 0 aliphatic carbocycles. The predicted molar refractivity (Wildman–Crippen MR) is 73.6 cm³/mol. The van der Waals surface area contributed by atoms with Gasteiger partial charge in [0.1, 0.15) is 6.61 Å². The third-order valence-electron chi connectivity index (χ3n) is 2.99. The van der Waals surface area contributed by atoms with Gasteiger partial charge in [0, 0.05) is 23.4 Å². The number of nitrogens with zero attached hydrogens (tertiary/aromatic N) is 2. The van der Waals surface area contributed by atoms with Gasteiger partial charge in [-0.2, -0.15) is 0 Å². The number of rotatable bonds is 4. The fourth-order valence-corrected chi connectivity index (χ4v) is 2.04. The Kier molecular flexibility index (Phi) is 3.30. The molecule has 6 heteroatoms. The zero-order valence-corrected chi connectivity index (χ0v) is 10.9. The first-order valence-electron chi connectivity index (χ1n) is 6.20. The van der Waals surface area contributed by atoms with Crippen LogP contribution in [0.2, 0.25) is 0 Å². The van der Waals surface area contributed by atoms with E-state index in [0.717, 1.165) is 16.3 Å². The Morgan fingerprint density at radius 3 is 2.90 bits per heavy atom. The summed E-state index contributed by atoms with van der Waals surface area (Å²) in [6.45, 7) is 0.553. The molecule has 3 aromatic rings. The number of methoxy groups -OCH3 is 1. The Balaban J connectivity index is 1.97. The lowest BCUT2D eigenvalue weighted by molar-refractivity contribution is 0.0381. The van der Waals surface area contributed by atoms with Crippen molar-refractivity contribution in [2.45, 2.75) is 0 Å². The summed E-state index contributed by atoms with van der Waals surface area (Å²) in [5.74, 6) is -0.498. The van der Waals surface area contributed by atoms with Gasteiger partial charge in [-0.3, -0.25) is 0 Å². The monoisotopic (exact) mass is 271 g/mol. The Morgan fingerprint density at radius 1 is 1.20 bits per heavy atom. The van der Waals surface area contributed by atoms with Crippen LogP contribution >= 0.6 is 0 Å². The number of benzene rings is 1. The molecule has 1 N–H and O–H groups in total. The summed E-state index contributed by atoms with van der Waals surface area (Å²) < 4.78 is 9.85. The largest absolute Gasteiger partial charge is 0.458 e. The van der Waals surface area contributed by atoms with Crippen molar-refractivity contribution in [2.75, 3.05) is 20.3 Å². The van der Waals surface area contributed by atoms with Gasteiger partial charge in [0.05, 0.1) is 6.61 Å². The van der Waals surface area contributed by atoms with Gasteiger partial charge >= 0.3 is 5.97 Å². The average Bonchev–Trinajstić information content (AvgIpc) is 2.85. The lowest BCUT2D eigenvalue weighted by Crippen LogP contribution is -2.11. The van der Waals surface area contributed by atoms with Gasteiger partial charge in [0.15, 0.2) is 11.3 Å². The smallest absolute Gasteiger partial charge is 0.358 e. The second-order valence-electron chi connectivity index (χ2n) is 4.29. The van der Waals surface area contributed by atoms with E-state index < -0.39 is 5.97 Å². The molecule has 0 spiro atoms. The van der Waals surface area contributed by atoms with Crippen LogP contribution in [-0.2, 0) is 9.47 Å². The van der Waals surface area contributed by atoms with Crippen molar-refractivity contribution in [2.24, 2.45) is 0 Å². The Labute approximate surface area is 114 Å². The number of nitrogens with one attached hydrogen (secondary N) is 1. The molecule has 3 rings (SSSR count). The molecule has 0 amide bonds. The van der Waals surface area contributed by atoms with E-state index in [-0.39, 0.29) is 12.3 Å². The van der Waals surface area contributed by atoms with E-state index in [4.69, 9.17) is 9.47 Å². The highest BCUT2D eigenvalue weighted by Crippen LogP contribution is 2.23. The van der Waals surface area contributed by atoms with Crippen LogP contribution in [0.25, 0.3) is 21.9 Å². The Bertz CT molecular complexity index is 767. The van der Waals surface area contributed by atoms with Crippen LogP contribution in [0.15, 0.2) is 30.3 Å². The third kappa shape index (κ3) is 2.21. The molecule has 0 aliphatic rings. The molecule has 0 saturated heterocycles. The predicted octanol–water partition coefficient (Wildman–Crippen LogP) is 1.91. The van der Waals surface area contributed by atoms with Crippen LogP contribution in [0, 0.1) is 0 Å². The Hall–Kier alpha value is -2.47. The fourth-order valence-electron chi connectivity index (χ4n) is 2.04. The van der Waals surface area contributed by atoms with E-state index in [1.807, 2.05) is 24.3 Å². The zero-order valence-electron chi connectivity index (χ0n) is 10.9. The molecule has 102 valence electrons. The van der Waals surface area contributed by atoms with Crippen molar-refractivity contribution in [1.82, 2.24) is 15.2 Å². The second-order valence-corrected chi connectivity index (χ2v) is 4.29. The fraction of sp³-hybridized carbons (Fsp3) is 0.214. The molecule has 0 bridgehead atoms. The second kappa shape index (κ2) is 5.26. The van der Waals surface area contributed by atoms with E-state index in [1.165, 1.54) is 0 Å². The quantitative estimate of drug-likeness (QED) is 0.579. The van der Waals surface area contributed by atoms with Crippen molar-refractivity contribution in [1.29, 1.82) is 0 Å². The first-order valence-corrected chi connectivity index (χ1v) is 6.20. The molecule has 2 heterocycles. The highest BCUT2D eigenvalue weighted by atomic mass is 16.6. The van der Waals surface area contributed by atoms with Crippen LogP contribution in [0.1, 0.15) is 10.5 Å². The summed E-state index contributed by atoms with van der Waals surface area (Å²) >= 11 is 0. The van der Waals surface area contributed by atoms with E-state index in [0.29, 0.717) is 12.3 Å². The number of carbonyl (C=O) groups excluding carboxylic acids is 1. The highest BCUT2D eigenvalue weighted by Gasteiger charge is 2.13. The number of aromatic amines is 1. The van der Waals surface area contributed by atoms with Crippen molar-refractivity contribution in [3.05, 3.63) is 36.0 Å². The minimum Gasteiger partial charge on any atom is -0.458 e. The standard InChI is InChI=1S/C14H13N3O3/c1-19-6-7-20-14(18)12-8-10-9-4-2-3-5-11(9)15-13(10)17-16-12/h2-5,8H,6-7H2,1H3,(H,15,17). The van der Waals surface area contributed by atoms with Crippen LogP contribution in [0.5, 0.6) is 0 Å². The molecule has 0 aliphatic heterocycles. The molecule has 1 aromatic carbocycles. The molecular formula is C14H13N3O3. The molecule has 0 fully saturated rings. The van der Waals surface area contributed by atoms with E-state index in [1.54, 1.807) is 13.2 Å². The zero-order chi connectivity index (χ0) is 13.9. The van der Waals surface area contributed by atoms with Gasteiger partial charge in [-0.25, -0.2) is 4.79 Å². The lowest BCUT2D eigenvalue weighted by Gasteiger charge is -2.02. The van der Waals surface area contributed by atoms with Gasteiger partial charge in [-0.1, -0.05) is 18.2 Å². The number of H-pyrrole nitrogens is 1. The summed E-state index contributed by atoms with van der Waals surface area (Å²) in [6.07, 6.45) is 0. The molecule has 0 saturated carbocycles. The van der Waals surface area contributed by atoms with Crippen molar-refractivity contribution in [3.63, 3.8) is 0 Å². The van der Waals surface area contributed by atoms with Crippen LogP contribution < -0.4 is 0 Å². The van der Waals surface area contributed by atoms with E-state index >= 15 is 0 Å². The normalized spacial score (nSPS) is 11.1. The number of esters is 1. The topological polar surface area (TPSA) is 77.1 Å². The van der Waals surface area contributed by atoms with Gasteiger partial charge in [0.2, 0.25) is 0 Å².